The number of nitro benzene ring substituents is 1. The van der Waals surface area contributed by atoms with Crippen LogP contribution in [-0.4, -0.2) is 10.8 Å². The maximum atomic E-state index is 12.3. The summed E-state index contributed by atoms with van der Waals surface area (Å²) in [5, 5.41) is 13.4. The number of amides is 1. The molecule has 0 aliphatic rings. The Labute approximate surface area is 154 Å². The lowest BCUT2D eigenvalue weighted by atomic mass is 10.2. The molecule has 0 saturated heterocycles. The molecule has 0 atom stereocenters. The van der Waals surface area contributed by atoms with Gasteiger partial charge in [0.25, 0.3) is 11.6 Å². The molecule has 0 saturated carbocycles. The third-order valence-corrected chi connectivity index (χ3v) is 3.80. The van der Waals surface area contributed by atoms with Crippen molar-refractivity contribution in [2.75, 3.05) is 5.32 Å². The van der Waals surface area contributed by atoms with Crippen LogP contribution in [0.4, 0.5) is 11.4 Å². The van der Waals surface area contributed by atoms with Gasteiger partial charge in [0, 0.05) is 17.3 Å². The van der Waals surface area contributed by atoms with Gasteiger partial charge in [0.1, 0.15) is 16.5 Å². The Morgan fingerprint density at radius 2 is 1.62 bits per heavy atom. The topological polar surface area (TPSA) is 81.5 Å². The van der Waals surface area contributed by atoms with Gasteiger partial charge in [0.2, 0.25) is 0 Å². The zero-order valence-electron chi connectivity index (χ0n) is 13.4. The highest BCUT2D eigenvalue weighted by atomic mass is 35.5. The molecular weight excluding hydrogens is 356 g/mol. The predicted octanol–water partition coefficient (Wildman–Crippen LogP) is 5.29. The second-order valence-corrected chi connectivity index (χ2v) is 5.72. The van der Waals surface area contributed by atoms with Crippen molar-refractivity contribution >= 4 is 28.9 Å². The normalized spacial score (nSPS) is 10.2. The first-order chi connectivity index (χ1) is 12.5. The van der Waals surface area contributed by atoms with Crippen LogP contribution in [0.2, 0.25) is 5.02 Å². The van der Waals surface area contributed by atoms with E-state index in [0.717, 1.165) is 0 Å². The number of ether oxygens (including phenoxy) is 1. The number of hydrogen-bond acceptors (Lipinski definition) is 4. The third kappa shape index (κ3) is 4.17. The number of nitro groups is 1. The summed E-state index contributed by atoms with van der Waals surface area (Å²) in [5.41, 5.74) is 0.542. The number of carbonyl (C=O) groups is 1. The molecule has 0 aromatic heterocycles. The maximum Gasteiger partial charge on any atom is 0.287 e. The van der Waals surface area contributed by atoms with Gasteiger partial charge < -0.3 is 10.1 Å². The minimum atomic E-state index is -0.602. The molecule has 0 fully saturated rings. The molecule has 1 amide bonds. The zero-order valence-corrected chi connectivity index (χ0v) is 14.1. The molecule has 0 heterocycles. The highest BCUT2D eigenvalue weighted by Gasteiger charge is 2.15. The zero-order chi connectivity index (χ0) is 18.5. The van der Waals surface area contributed by atoms with Gasteiger partial charge in [-0.3, -0.25) is 14.9 Å². The predicted molar refractivity (Wildman–Crippen MR) is 99.0 cm³/mol. The smallest absolute Gasteiger partial charge is 0.287 e. The van der Waals surface area contributed by atoms with Gasteiger partial charge in [-0.05, 0) is 48.5 Å². The molecule has 0 radical (unpaired) electrons. The van der Waals surface area contributed by atoms with E-state index in [2.05, 4.69) is 5.32 Å². The Balaban J connectivity index is 1.68. The number of anilines is 1. The monoisotopic (exact) mass is 368 g/mol. The fourth-order valence-electron chi connectivity index (χ4n) is 2.23. The first-order valence-corrected chi connectivity index (χ1v) is 7.99. The molecule has 0 unspecified atom stereocenters. The minimum Gasteiger partial charge on any atom is -0.457 e. The maximum absolute atomic E-state index is 12.3. The van der Waals surface area contributed by atoms with Crippen LogP contribution >= 0.6 is 11.6 Å². The average Bonchev–Trinajstić information content (AvgIpc) is 2.64. The Morgan fingerprint density at radius 3 is 2.23 bits per heavy atom. The number of nitrogens with zero attached hydrogens (tertiary/aromatic N) is 1. The molecule has 6 nitrogen and oxygen atoms in total. The minimum absolute atomic E-state index is 0.0886. The van der Waals surface area contributed by atoms with Crippen LogP contribution in [-0.2, 0) is 0 Å². The van der Waals surface area contributed by atoms with E-state index in [1.807, 2.05) is 30.3 Å². The highest BCUT2D eigenvalue weighted by molar-refractivity contribution is 6.33. The van der Waals surface area contributed by atoms with Crippen LogP contribution in [0.1, 0.15) is 10.4 Å². The quantitative estimate of drug-likeness (QED) is 0.489. The Morgan fingerprint density at radius 1 is 0.962 bits per heavy atom. The number of hydrogen-bond donors (Lipinski definition) is 1. The van der Waals surface area contributed by atoms with Crippen molar-refractivity contribution in [2.45, 2.75) is 0 Å². The van der Waals surface area contributed by atoms with E-state index >= 15 is 0 Å². The molecule has 0 aliphatic carbocycles. The van der Waals surface area contributed by atoms with Gasteiger partial charge in [-0.1, -0.05) is 29.8 Å². The standard InChI is InChI=1S/C19H13ClN2O4/c20-17-12-13(6-11-18(17)22(24)25)19(23)21-14-7-9-16(10-8-14)26-15-4-2-1-3-5-15/h1-12H,(H,21,23). The first-order valence-electron chi connectivity index (χ1n) is 7.61. The van der Waals surface area contributed by atoms with Crippen molar-refractivity contribution < 1.29 is 14.5 Å². The van der Waals surface area contributed by atoms with E-state index in [4.69, 9.17) is 16.3 Å². The second-order valence-electron chi connectivity index (χ2n) is 5.32. The number of para-hydroxylation sites is 1. The summed E-state index contributed by atoms with van der Waals surface area (Å²) in [6.45, 7) is 0. The summed E-state index contributed by atoms with van der Waals surface area (Å²) in [4.78, 5) is 22.4. The number of carbonyl (C=O) groups excluding carboxylic acids is 1. The van der Waals surface area contributed by atoms with Gasteiger partial charge in [-0.25, -0.2) is 0 Å². The highest BCUT2D eigenvalue weighted by Crippen LogP contribution is 2.26. The first kappa shape index (κ1) is 17.4. The summed E-state index contributed by atoms with van der Waals surface area (Å²) in [5.74, 6) is 0.927. The van der Waals surface area contributed by atoms with Gasteiger partial charge in [0.05, 0.1) is 4.92 Å². The van der Waals surface area contributed by atoms with Gasteiger partial charge in [-0.2, -0.15) is 0 Å². The SMILES string of the molecule is O=C(Nc1ccc(Oc2ccccc2)cc1)c1ccc([N+](=O)[O-])c(Cl)c1. The number of rotatable bonds is 5. The fraction of sp³-hybridized carbons (Fsp3) is 0. The number of benzene rings is 3. The summed E-state index contributed by atoms with van der Waals surface area (Å²) >= 11 is 5.83. The molecule has 1 N–H and O–H groups in total. The molecule has 7 heteroatoms. The number of halogens is 1. The summed E-state index contributed by atoms with van der Waals surface area (Å²) in [6.07, 6.45) is 0. The van der Waals surface area contributed by atoms with E-state index < -0.39 is 10.8 Å². The lowest BCUT2D eigenvalue weighted by molar-refractivity contribution is -0.384. The number of nitrogens with one attached hydrogen (secondary N) is 1. The van der Waals surface area contributed by atoms with Crippen LogP contribution in [0.15, 0.2) is 72.8 Å². The Kier molecular flexibility index (Phi) is 5.15. The van der Waals surface area contributed by atoms with Crippen LogP contribution in [0.3, 0.4) is 0 Å². The van der Waals surface area contributed by atoms with Gasteiger partial charge in [0.15, 0.2) is 0 Å². The van der Waals surface area contributed by atoms with Crippen LogP contribution in [0, 0.1) is 10.1 Å². The fourth-order valence-corrected chi connectivity index (χ4v) is 2.48. The van der Waals surface area contributed by atoms with Crippen LogP contribution < -0.4 is 10.1 Å². The van der Waals surface area contributed by atoms with Gasteiger partial charge in [-0.15, -0.1) is 0 Å². The van der Waals surface area contributed by atoms with E-state index in [9.17, 15) is 14.9 Å². The Hall–Kier alpha value is -3.38. The van der Waals surface area contributed by atoms with Crippen molar-refractivity contribution in [1.82, 2.24) is 0 Å². The molecular formula is C19H13ClN2O4. The summed E-state index contributed by atoms with van der Waals surface area (Å²) in [7, 11) is 0. The van der Waals surface area contributed by atoms with E-state index in [-0.39, 0.29) is 16.3 Å². The van der Waals surface area contributed by atoms with Crippen LogP contribution in [0.5, 0.6) is 11.5 Å². The lowest BCUT2D eigenvalue weighted by Gasteiger charge is -2.08. The third-order valence-electron chi connectivity index (χ3n) is 3.50. The second kappa shape index (κ2) is 7.67. The molecule has 3 rings (SSSR count). The molecule has 3 aromatic rings. The summed E-state index contributed by atoms with van der Waals surface area (Å²) < 4.78 is 5.68. The van der Waals surface area contributed by atoms with Crippen molar-refractivity contribution in [3.05, 3.63) is 93.5 Å². The molecule has 130 valence electrons. The average molecular weight is 369 g/mol. The molecule has 0 aliphatic heterocycles. The summed E-state index contributed by atoms with van der Waals surface area (Å²) in [6, 6.07) is 20.0. The largest absolute Gasteiger partial charge is 0.457 e. The van der Waals surface area contributed by atoms with E-state index in [1.54, 1.807) is 24.3 Å². The van der Waals surface area contributed by atoms with Crippen molar-refractivity contribution in [1.29, 1.82) is 0 Å². The van der Waals surface area contributed by atoms with Crippen LogP contribution in [0.25, 0.3) is 0 Å². The Bertz CT molecular complexity index is 944. The molecule has 0 spiro atoms. The molecule has 0 bridgehead atoms. The van der Waals surface area contributed by atoms with Crippen molar-refractivity contribution in [2.24, 2.45) is 0 Å². The lowest BCUT2D eigenvalue weighted by Crippen LogP contribution is -2.11. The van der Waals surface area contributed by atoms with E-state index in [0.29, 0.717) is 17.2 Å². The van der Waals surface area contributed by atoms with Crippen molar-refractivity contribution in [3.63, 3.8) is 0 Å². The molecule has 3 aromatic carbocycles. The van der Waals surface area contributed by atoms with Gasteiger partial charge >= 0.3 is 0 Å². The van der Waals surface area contributed by atoms with E-state index in [1.165, 1.54) is 18.2 Å². The molecule has 26 heavy (non-hydrogen) atoms. The van der Waals surface area contributed by atoms with Crippen molar-refractivity contribution in [3.8, 4) is 11.5 Å².